The van der Waals surface area contributed by atoms with Gasteiger partial charge in [0.1, 0.15) is 23.8 Å². The van der Waals surface area contributed by atoms with Gasteiger partial charge in [0.2, 0.25) is 0 Å². The lowest BCUT2D eigenvalue weighted by Crippen LogP contribution is -2.24. The van der Waals surface area contributed by atoms with Gasteiger partial charge in [0.05, 0.1) is 0 Å². The average molecular weight is 179 g/mol. The lowest BCUT2D eigenvalue weighted by Gasteiger charge is -2.07. The minimum Gasteiger partial charge on any atom is -0.456 e. The molecular weight excluding hydrogens is 170 g/mol. The average Bonchev–Trinajstić information content (AvgIpc) is 2.48. The molecule has 0 spiro atoms. The maximum Gasteiger partial charge on any atom is 0.196 e. The van der Waals surface area contributed by atoms with Crippen LogP contribution in [0.2, 0.25) is 0 Å². The van der Waals surface area contributed by atoms with E-state index in [4.69, 9.17) is 16.0 Å². The monoisotopic (exact) mass is 179 g/mol. The molecule has 13 heavy (non-hydrogen) atoms. The van der Waals surface area contributed by atoms with Crippen molar-refractivity contribution in [2.75, 3.05) is 17.8 Å². The first-order valence-electron chi connectivity index (χ1n) is 3.66. The maximum atomic E-state index is 5.57. The second-order valence-corrected chi connectivity index (χ2v) is 2.67. The summed E-state index contributed by atoms with van der Waals surface area (Å²) in [7, 11) is 1.70. The van der Waals surface area contributed by atoms with Crippen LogP contribution in [0.1, 0.15) is 0 Å². The van der Waals surface area contributed by atoms with E-state index in [1.165, 1.54) is 17.6 Å². The third kappa shape index (κ3) is 1.07. The Balaban J connectivity index is 2.75. The van der Waals surface area contributed by atoms with Crippen LogP contribution < -0.4 is 16.6 Å². The molecule has 0 amide bonds. The maximum absolute atomic E-state index is 5.57. The summed E-state index contributed by atoms with van der Waals surface area (Å²) in [6.07, 6.45) is 2.87. The highest BCUT2D eigenvalue weighted by Gasteiger charge is 2.11. The number of aromatic nitrogens is 2. The van der Waals surface area contributed by atoms with Gasteiger partial charge in [0.15, 0.2) is 11.4 Å². The first-order chi connectivity index (χ1) is 6.20. The first-order valence-corrected chi connectivity index (χ1v) is 3.66. The van der Waals surface area contributed by atoms with Gasteiger partial charge in [-0.2, -0.15) is 0 Å². The number of anilines is 2. The Morgan fingerprint density at radius 1 is 1.46 bits per heavy atom. The summed E-state index contributed by atoms with van der Waals surface area (Å²) in [4.78, 5) is 7.81. The molecule has 0 aromatic carbocycles. The van der Waals surface area contributed by atoms with E-state index in [-0.39, 0.29) is 0 Å². The van der Waals surface area contributed by atoms with Crippen LogP contribution in [-0.4, -0.2) is 17.0 Å². The van der Waals surface area contributed by atoms with Crippen LogP contribution in [0.5, 0.6) is 0 Å². The Morgan fingerprint density at radius 2 is 2.23 bits per heavy atom. The van der Waals surface area contributed by atoms with Gasteiger partial charge in [0, 0.05) is 7.05 Å². The fourth-order valence-corrected chi connectivity index (χ4v) is 1.11. The zero-order chi connectivity index (χ0) is 9.42. The van der Waals surface area contributed by atoms with Gasteiger partial charge < -0.3 is 15.2 Å². The number of furan rings is 1. The van der Waals surface area contributed by atoms with E-state index in [1.54, 1.807) is 7.05 Å². The number of fused-ring (bicyclic) bond motifs is 1. The van der Waals surface area contributed by atoms with Crippen molar-refractivity contribution < 1.29 is 4.42 Å². The lowest BCUT2D eigenvalue weighted by molar-refractivity contribution is 0.614. The molecule has 0 saturated heterocycles. The number of hydrogen-bond acceptors (Lipinski definition) is 6. The van der Waals surface area contributed by atoms with Gasteiger partial charge in [-0.1, -0.05) is 0 Å². The normalized spacial score (nSPS) is 10.6. The molecule has 0 aliphatic rings. The summed E-state index contributed by atoms with van der Waals surface area (Å²) >= 11 is 0. The predicted octanol–water partition coefficient (Wildman–Crippen LogP) is 0.115. The van der Waals surface area contributed by atoms with Gasteiger partial charge in [-0.15, -0.1) is 0 Å². The molecule has 0 unspecified atom stereocenters. The SMILES string of the molecule is CN(N)c1coc2c(N)ncnc12. The molecule has 68 valence electrons. The van der Waals surface area contributed by atoms with Crippen LogP contribution in [0.15, 0.2) is 17.0 Å². The molecule has 6 nitrogen and oxygen atoms in total. The van der Waals surface area contributed by atoms with Crippen molar-refractivity contribution in [3.8, 4) is 0 Å². The van der Waals surface area contributed by atoms with Gasteiger partial charge in [-0.25, -0.2) is 15.8 Å². The highest BCUT2D eigenvalue weighted by atomic mass is 16.3. The number of hydrazine groups is 1. The fraction of sp³-hybridized carbons (Fsp3) is 0.143. The summed E-state index contributed by atoms with van der Waals surface area (Å²) in [6, 6.07) is 0. The second-order valence-electron chi connectivity index (χ2n) is 2.67. The van der Waals surface area contributed by atoms with Crippen LogP contribution >= 0.6 is 0 Å². The molecule has 0 atom stereocenters. The van der Waals surface area contributed by atoms with Crippen molar-refractivity contribution in [2.45, 2.75) is 0 Å². The van der Waals surface area contributed by atoms with E-state index in [2.05, 4.69) is 9.97 Å². The quantitative estimate of drug-likeness (QED) is 0.476. The van der Waals surface area contributed by atoms with Crippen LogP contribution in [0.3, 0.4) is 0 Å². The summed E-state index contributed by atoms with van der Waals surface area (Å²) in [5.41, 5.74) is 7.34. The minimum absolute atomic E-state index is 0.318. The first kappa shape index (κ1) is 7.81. The summed E-state index contributed by atoms with van der Waals surface area (Å²) in [5, 5.41) is 1.41. The third-order valence-corrected chi connectivity index (χ3v) is 1.74. The molecule has 4 N–H and O–H groups in total. The molecule has 6 heteroatoms. The number of nitrogens with two attached hydrogens (primary N) is 2. The smallest absolute Gasteiger partial charge is 0.196 e. The summed E-state index contributed by atoms with van der Waals surface area (Å²) in [6.45, 7) is 0. The van der Waals surface area contributed by atoms with Gasteiger partial charge in [-0.3, -0.25) is 0 Å². The topological polar surface area (TPSA) is 94.2 Å². The van der Waals surface area contributed by atoms with Crippen molar-refractivity contribution in [2.24, 2.45) is 5.84 Å². The van der Waals surface area contributed by atoms with E-state index in [1.807, 2.05) is 0 Å². The van der Waals surface area contributed by atoms with E-state index in [9.17, 15) is 0 Å². The second kappa shape index (κ2) is 2.60. The lowest BCUT2D eigenvalue weighted by atomic mass is 10.4. The standard InChI is InChI=1S/C7H9N5O/c1-12(9)4-2-13-6-5(4)10-3-11-7(6)8/h2-3H,9H2,1H3,(H2,8,10,11). The molecule has 0 aliphatic heterocycles. The zero-order valence-corrected chi connectivity index (χ0v) is 7.06. The van der Waals surface area contributed by atoms with Gasteiger partial charge >= 0.3 is 0 Å². The van der Waals surface area contributed by atoms with Crippen LogP contribution in [-0.2, 0) is 0 Å². The Hall–Kier alpha value is -1.82. The number of rotatable bonds is 1. The largest absolute Gasteiger partial charge is 0.456 e. The Morgan fingerprint density at radius 3 is 2.92 bits per heavy atom. The molecular formula is C7H9N5O. The van der Waals surface area contributed by atoms with Crippen molar-refractivity contribution in [1.82, 2.24) is 9.97 Å². The molecule has 2 rings (SSSR count). The Bertz CT molecular complexity index is 435. The number of nitrogens with zero attached hydrogens (tertiary/aromatic N) is 3. The van der Waals surface area contributed by atoms with Crippen molar-refractivity contribution in [1.29, 1.82) is 0 Å². The number of hydrogen-bond donors (Lipinski definition) is 2. The summed E-state index contributed by atoms with van der Waals surface area (Å²) < 4.78 is 5.17. The Kier molecular flexibility index (Phi) is 1.56. The van der Waals surface area contributed by atoms with Gasteiger partial charge in [-0.05, 0) is 0 Å². The molecule has 2 aromatic rings. The molecule has 0 bridgehead atoms. The zero-order valence-electron chi connectivity index (χ0n) is 7.06. The van der Waals surface area contributed by atoms with Crippen molar-refractivity contribution in [3.63, 3.8) is 0 Å². The van der Waals surface area contributed by atoms with E-state index < -0.39 is 0 Å². The summed E-state index contributed by atoms with van der Waals surface area (Å²) in [5.74, 6) is 5.86. The van der Waals surface area contributed by atoms with E-state index in [0.29, 0.717) is 22.6 Å². The fourth-order valence-electron chi connectivity index (χ4n) is 1.11. The highest BCUT2D eigenvalue weighted by molar-refractivity contribution is 5.92. The number of nitrogen functional groups attached to an aromatic ring is 1. The molecule has 0 fully saturated rings. The minimum atomic E-state index is 0.318. The molecule has 0 aliphatic carbocycles. The van der Waals surface area contributed by atoms with Crippen molar-refractivity contribution in [3.05, 3.63) is 12.6 Å². The van der Waals surface area contributed by atoms with E-state index >= 15 is 0 Å². The molecule has 2 heterocycles. The van der Waals surface area contributed by atoms with E-state index in [0.717, 1.165) is 0 Å². The third-order valence-electron chi connectivity index (χ3n) is 1.74. The van der Waals surface area contributed by atoms with Crippen LogP contribution in [0.25, 0.3) is 11.1 Å². The molecule has 0 saturated carbocycles. The molecule has 2 aromatic heterocycles. The molecule has 0 radical (unpaired) electrons. The Labute approximate surface area is 74.1 Å². The predicted molar refractivity (Wildman–Crippen MR) is 48.8 cm³/mol. The van der Waals surface area contributed by atoms with Crippen LogP contribution in [0.4, 0.5) is 11.5 Å². The van der Waals surface area contributed by atoms with Gasteiger partial charge in [0.25, 0.3) is 0 Å². The van der Waals surface area contributed by atoms with Crippen molar-refractivity contribution >= 4 is 22.6 Å². The van der Waals surface area contributed by atoms with Crippen LogP contribution in [0, 0.1) is 0 Å². The highest BCUT2D eigenvalue weighted by Crippen LogP contribution is 2.27.